The molecule has 0 aliphatic carbocycles. The Hall–Kier alpha value is -8.94. The van der Waals surface area contributed by atoms with Gasteiger partial charge >= 0.3 is 18.5 Å². The van der Waals surface area contributed by atoms with Crippen LogP contribution in [0.2, 0.25) is 15.1 Å². The van der Waals surface area contributed by atoms with E-state index in [4.69, 9.17) is 72.7 Å². The van der Waals surface area contributed by atoms with Gasteiger partial charge in [0.05, 0.1) is 52.5 Å². The lowest BCUT2D eigenvalue weighted by atomic mass is 9.86. The van der Waals surface area contributed by atoms with E-state index in [1.54, 1.807) is 55.6 Å². The molecule has 3 aromatic heterocycles. The molecule has 0 N–H and O–H groups in total. The molecular formula is C74H94Cl3N9O12. The number of rotatable bonds is 23. The van der Waals surface area contributed by atoms with Crippen LogP contribution in [0.4, 0.5) is 14.4 Å². The zero-order valence-electron chi connectivity index (χ0n) is 60.4. The molecule has 24 heteroatoms. The second-order valence-corrected chi connectivity index (χ2v) is 26.6. The molecule has 0 saturated heterocycles. The Labute approximate surface area is 592 Å². The lowest BCUT2D eigenvalue weighted by molar-refractivity contribution is -0.0679. The fraction of sp³-hybridized carbons (Fsp3) is 0.473. The van der Waals surface area contributed by atoms with Crippen molar-refractivity contribution in [2.75, 3.05) is 20.3 Å². The third kappa shape index (κ3) is 22.3. The minimum absolute atomic E-state index is 0.0293. The molecule has 6 aromatic rings. The first-order valence-electron chi connectivity index (χ1n) is 32.5. The van der Waals surface area contributed by atoms with E-state index < -0.39 is 37.3 Å². The minimum atomic E-state index is -1.03. The topological polar surface area (TPSA) is 259 Å². The van der Waals surface area contributed by atoms with Crippen LogP contribution in [0.15, 0.2) is 72.8 Å². The van der Waals surface area contributed by atoms with Gasteiger partial charge in [0, 0.05) is 40.4 Å². The third-order valence-corrected chi connectivity index (χ3v) is 16.2. The summed E-state index contributed by atoms with van der Waals surface area (Å²) in [6.07, 6.45) is -2.93. The van der Waals surface area contributed by atoms with Crippen molar-refractivity contribution in [1.82, 2.24) is 29.3 Å². The number of aromatic nitrogens is 6. The Morgan fingerprint density at radius 2 is 0.724 bits per heavy atom. The van der Waals surface area contributed by atoms with Crippen molar-refractivity contribution in [3.63, 3.8) is 0 Å². The molecule has 21 nitrogen and oxygen atoms in total. The monoisotopic (exact) mass is 1410 g/mol. The van der Waals surface area contributed by atoms with Crippen molar-refractivity contribution < 1.29 is 57.0 Å². The number of nitriles is 3. The molecule has 3 aromatic carbocycles. The summed E-state index contributed by atoms with van der Waals surface area (Å²) in [6, 6.07) is 29.8. The van der Waals surface area contributed by atoms with Gasteiger partial charge in [-0.25, -0.2) is 14.4 Å². The van der Waals surface area contributed by atoms with Gasteiger partial charge in [-0.3, -0.25) is 14.0 Å². The highest BCUT2D eigenvalue weighted by molar-refractivity contribution is 6.34. The summed E-state index contributed by atoms with van der Waals surface area (Å²) in [5, 5.41) is 44.7. The lowest BCUT2D eigenvalue weighted by Gasteiger charge is -2.21. The van der Waals surface area contributed by atoms with E-state index in [2.05, 4.69) is 107 Å². The molecule has 0 bridgehead atoms. The highest BCUT2D eigenvalue weighted by atomic mass is 35.5. The number of allylic oxidation sites excluding steroid dienone is 3. The first-order valence-corrected chi connectivity index (χ1v) is 33.6. The Morgan fingerprint density at radius 1 is 0.449 bits per heavy atom. The molecule has 98 heavy (non-hydrogen) atoms. The van der Waals surface area contributed by atoms with Crippen molar-refractivity contribution in [3.8, 4) is 18.2 Å². The van der Waals surface area contributed by atoms with Gasteiger partial charge in [0.2, 0.25) is 18.9 Å². The number of ether oxygens (including phenoxy) is 9. The van der Waals surface area contributed by atoms with E-state index in [9.17, 15) is 30.2 Å². The first-order chi connectivity index (χ1) is 46.1. The fourth-order valence-electron chi connectivity index (χ4n) is 9.58. The average Bonchev–Trinajstić information content (AvgIpc) is 1.57. The number of aryl methyl sites for hydroxylation is 6. The van der Waals surface area contributed by atoms with Crippen molar-refractivity contribution >= 4 is 87.3 Å². The van der Waals surface area contributed by atoms with Crippen LogP contribution in [-0.4, -0.2) is 87.0 Å². The van der Waals surface area contributed by atoms with Gasteiger partial charge < -0.3 is 42.6 Å². The van der Waals surface area contributed by atoms with Crippen LogP contribution in [0.1, 0.15) is 205 Å². The van der Waals surface area contributed by atoms with E-state index in [0.29, 0.717) is 85.6 Å². The number of hydrogen-bond donors (Lipinski definition) is 0. The van der Waals surface area contributed by atoms with Crippen LogP contribution in [0.5, 0.6) is 0 Å². The fourth-order valence-corrected chi connectivity index (χ4v) is 10.2. The summed E-state index contributed by atoms with van der Waals surface area (Å²) >= 11 is 19.7. The summed E-state index contributed by atoms with van der Waals surface area (Å²) < 4.78 is 53.0. The molecule has 6 rings (SSSR count). The van der Waals surface area contributed by atoms with Crippen molar-refractivity contribution in [2.45, 2.75) is 212 Å². The predicted octanol–water partition coefficient (Wildman–Crippen LogP) is 19.0. The quantitative estimate of drug-likeness (QED) is 0.0144. The largest absolute Gasteiger partial charge is 0.511 e. The summed E-state index contributed by atoms with van der Waals surface area (Å²) in [7, 11) is 1.20. The van der Waals surface area contributed by atoms with E-state index in [0.717, 1.165) is 36.0 Å². The molecule has 0 aliphatic heterocycles. The van der Waals surface area contributed by atoms with Crippen LogP contribution in [0, 0.1) is 54.8 Å². The first kappa shape index (κ1) is 81.5. The molecular weight excluding hydrogens is 1310 g/mol. The van der Waals surface area contributed by atoms with Gasteiger partial charge in [-0.2, -0.15) is 31.1 Å². The van der Waals surface area contributed by atoms with Gasteiger partial charge in [-0.05, 0) is 105 Å². The van der Waals surface area contributed by atoms with E-state index in [-0.39, 0.29) is 63.5 Å². The number of benzene rings is 3. The summed E-state index contributed by atoms with van der Waals surface area (Å²) in [5.74, 6) is 0.546. The van der Waals surface area contributed by atoms with Crippen LogP contribution in [0.3, 0.4) is 0 Å². The van der Waals surface area contributed by atoms with Gasteiger partial charge in [0.1, 0.15) is 52.0 Å². The maximum Gasteiger partial charge on any atom is 0.511 e. The van der Waals surface area contributed by atoms with Gasteiger partial charge in [-0.1, -0.05) is 190 Å². The molecule has 0 spiro atoms. The number of hydrogen-bond acceptors (Lipinski definition) is 18. The third-order valence-electron chi connectivity index (χ3n) is 14.9. The van der Waals surface area contributed by atoms with Crippen LogP contribution >= 0.6 is 34.8 Å². The summed E-state index contributed by atoms with van der Waals surface area (Å²) in [6.45, 7) is 40.5. The Kier molecular flexibility index (Phi) is 30.9. The maximum atomic E-state index is 12.1. The second kappa shape index (κ2) is 37.1. The summed E-state index contributed by atoms with van der Waals surface area (Å²) in [5.41, 5.74) is 9.16. The molecule has 3 atom stereocenters. The van der Waals surface area contributed by atoms with Crippen molar-refractivity contribution in [3.05, 3.63) is 155 Å². The number of nitrogens with zero attached hydrogens (tertiary/aromatic N) is 9. The maximum absolute atomic E-state index is 12.1. The van der Waals surface area contributed by atoms with Crippen molar-refractivity contribution in [2.24, 2.45) is 0 Å². The number of carbonyl (C=O) groups is 3. The number of carbonyl (C=O) groups excluding carboxylic acids is 3. The van der Waals surface area contributed by atoms with Crippen molar-refractivity contribution in [1.29, 1.82) is 15.8 Å². The molecule has 0 saturated carbocycles. The van der Waals surface area contributed by atoms with Crippen LogP contribution < -0.4 is 0 Å². The van der Waals surface area contributed by atoms with E-state index in [1.165, 1.54) is 14.0 Å². The standard InChI is InChI=1S/C27H36ClN3O4.C24H30ClN3O4.C23H28ClN3O4/c1-8-10-11-16-33-26(32)35-19(4)34-25(24-23(28)18(3)30-31(24)9-2)22(17-29)20-12-14-21(15-13-20)27(5,6)7;1-8-28-21(20(25)15(3)27-28)22(31-16(4)32-23(29)30-9-2)19(14-26)17-10-12-18(13-11-17)24(5,6)7;1-8-27-20(19(24)14(2)26-27)21(30-15(3)31-22(28)29-7)18(13-25)16-9-11-17(12-10-16)23(4,5)6/h12-15,19H,8-11,16H2,1-7H3;10-13,16H,8-9H2,1-7H3;9-12,15H,8H2,1-7H3/b25-22-;22-19-;21-18-. The SMILES string of the molecule is CCCCCOC(=O)OC(C)O/C(=C(/C#N)c1ccc(C(C)(C)C)cc1)c1c(Cl)c(C)nn1CC.CCOC(=O)OC(C)O/C(=C(/C#N)c1ccc(C(C)(C)C)cc1)c1c(Cl)c(C)nn1CC.CCn1nc(C)c(Cl)c1/C(OC(C)OC(=O)OC)=C(\C#N)c1ccc(C(C)(C)C)cc1. The highest BCUT2D eigenvalue weighted by Crippen LogP contribution is 2.39. The van der Waals surface area contributed by atoms with Crippen LogP contribution in [0.25, 0.3) is 34.0 Å². The predicted molar refractivity (Wildman–Crippen MR) is 381 cm³/mol. The van der Waals surface area contributed by atoms with Crippen LogP contribution in [-0.2, 0) is 78.5 Å². The van der Waals surface area contributed by atoms with Gasteiger partial charge in [0.15, 0.2) is 17.3 Å². The Morgan fingerprint density at radius 3 is 0.959 bits per heavy atom. The molecule has 528 valence electrons. The lowest BCUT2D eigenvalue weighted by Crippen LogP contribution is -2.20. The molecule has 3 heterocycles. The van der Waals surface area contributed by atoms with Gasteiger partial charge in [0.25, 0.3) is 0 Å². The van der Waals surface area contributed by atoms with E-state index in [1.807, 2.05) is 93.6 Å². The molecule has 0 radical (unpaired) electrons. The van der Waals surface area contributed by atoms with E-state index >= 15 is 0 Å². The molecule has 0 aliphatic rings. The van der Waals surface area contributed by atoms with Gasteiger partial charge in [-0.15, -0.1) is 0 Å². The number of methoxy groups -OCH3 is 1. The normalized spacial score (nSPS) is 13.1. The zero-order chi connectivity index (χ0) is 73.6. The minimum Gasteiger partial charge on any atom is -0.451 e. The Balaban J connectivity index is 0.000000313. The Bertz CT molecular complexity index is 3920. The highest BCUT2D eigenvalue weighted by Gasteiger charge is 2.31. The average molecular weight is 1410 g/mol. The molecule has 0 amide bonds. The summed E-state index contributed by atoms with van der Waals surface area (Å²) in [4.78, 5) is 35.4. The number of halogens is 3. The zero-order valence-corrected chi connectivity index (χ0v) is 62.6. The molecule has 0 fully saturated rings. The molecule has 3 unspecified atom stereocenters. The number of unbranched alkanes of at least 4 members (excludes halogenated alkanes) is 2. The second-order valence-electron chi connectivity index (χ2n) is 25.5. The smallest absolute Gasteiger partial charge is 0.451 e.